The van der Waals surface area contributed by atoms with Crippen molar-refractivity contribution in [3.05, 3.63) is 29.8 Å². The van der Waals surface area contributed by atoms with Gasteiger partial charge in [0.25, 0.3) is 0 Å². The Bertz CT molecular complexity index is 401. The third-order valence-electron chi connectivity index (χ3n) is 3.40. The second-order valence-electron chi connectivity index (χ2n) is 4.69. The van der Waals surface area contributed by atoms with E-state index in [4.69, 9.17) is 0 Å². The Morgan fingerprint density at radius 2 is 2.06 bits per heavy atom. The fourth-order valence-corrected chi connectivity index (χ4v) is 2.27. The highest BCUT2D eigenvalue weighted by molar-refractivity contribution is 5.78. The number of carbonyl (C=O) groups is 1. The normalized spacial score (nSPS) is 16.4. The highest BCUT2D eigenvalue weighted by Crippen LogP contribution is 2.16. The number of hydrogen-bond acceptors (Lipinski definition) is 3. The fourth-order valence-electron chi connectivity index (χ4n) is 2.27. The summed E-state index contributed by atoms with van der Waals surface area (Å²) in [6, 6.07) is 7.24. The summed E-state index contributed by atoms with van der Waals surface area (Å²) in [7, 11) is 0. The molecule has 0 spiro atoms. The number of benzene rings is 1. The van der Waals surface area contributed by atoms with Crippen LogP contribution in [0.4, 0.5) is 0 Å². The summed E-state index contributed by atoms with van der Waals surface area (Å²) < 4.78 is 0. The Labute approximate surface area is 107 Å². The summed E-state index contributed by atoms with van der Waals surface area (Å²) in [4.78, 5) is 11.9. The van der Waals surface area contributed by atoms with E-state index in [1.165, 1.54) is 0 Å². The summed E-state index contributed by atoms with van der Waals surface area (Å²) in [6.45, 7) is 2.44. The lowest BCUT2D eigenvalue weighted by Crippen LogP contribution is -2.38. The lowest BCUT2D eigenvalue weighted by molar-refractivity contribution is -0.125. The molecule has 1 fully saturated rings. The minimum atomic E-state index is 0.145. The van der Waals surface area contributed by atoms with Gasteiger partial charge in [-0.25, -0.2) is 0 Å². The van der Waals surface area contributed by atoms with Gasteiger partial charge in [-0.05, 0) is 44.0 Å². The van der Waals surface area contributed by atoms with Gasteiger partial charge in [-0.2, -0.15) is 0 Å². The molecule has 1 aromatic carbocycles. The molecule has 2 rings (SSSR count). The van der Waals surface area contributed by atoms with Crippen LogP contribution in [0.15, 0.2) is 24.3 Å². The monoisotopic (exact) mass is 248 g/mol. The predicted molar refractivity (Wildman–Crippen MR) is 70.4 cm³/mol. The highest BCUT2D eigenvalue weighted by atomic mass is 16.3. The molecule has 4 heteroatoms. The molecule has 3 N–H and O–H groups in total. The van der Waals surface area contributed by atoms with E-state index in [1.54, 1.807) is 12.1 Å². The van der Waals surface area contributed by atoms with Gasteiger partial charge >= 0.3 is 0 Å². The number of aromatic hydroxyl groups is 1. The predicted octanol–water partition coefficient (Wildman–Crippen LogP) is 1.05. The van der Waals surface area contributed by atoms with Crippen molar-refractivity contribution in [3.8, 4) is 5.75 Å². The molecule has 1 heterocycles. The standard InChI is InChI=1S/C14H20N2O2/c17-13-4-2-1-3-11(13)7-10-16-14(18)12-5-8-15-9-6-12/h1-4,12,15,17H,5-10H2,(H,16,18). The number of carbonyl (C=O) groups excluding carboxylic acids is 1. The molecule has 0 bridgehead atoms. The van der Waals surface area contributed by atoms with Crippen molar-refractivity contribution in [2.24, 2.45) is 5.92 Å². The summed E-state index contributed by atoms with van der Waals surface area (Å²) in [5.41, 5.74) is 0.878. The Balaban J connectivity index is 1.75. The molecule has 0 atom stereocenters. The van der Waals surface area contributed by atoms with Crippen LogP contribution in [-0.4, -0.2) is 30.6 Å². The molecule has 98 valence electrons. The van der Waals surface area contributed by atoms with Gasteiger partial charge in [-0.15, -0.1) is 0 Å². The Morgan fingerprint density at radius 1 is 1.33 bits per heavy atom. The molecule has 0 aliphatic carbocycles. The molecular formula is C14H20N2O2. The summed E-state index contributed by atoms with van der Waals surface area (Å²) in [5, 5.41) is 15.8. The lowest BCUT2D eigenvalue weighted by atomic mass is 9.97. The molecule has 1 aliphatic rings. The molecule has 1 saturated heterocycles. The average Bonchev–Trinajstić information content (AvgIpc) is 2.42. The van der Waals surface area contributed by atoms with Crippen molar-refractivity contribution in [2.45, 2.75) is 19.3 Å². The van der Waals surface area contributed by atoms with E-state index in [9.17, 15) is 9.90 Å². The van der Waals surface area contributed by atoms with E-state index >= 15 is 0 Å². The highest BCUT2D eigenvalue weighted by Gasteiger charge is 2.20. The number of amides is 1. The zero-order chi connectivity index (χ0) is 12.8. The van der Waals surface area contributed by atoms with Gasteiger partial charge in [0.2, 0.25) is 5.91 Å². The number of phenolic OH excluding ortho intramolecular Hbond substituents is 1. The second-order valence-corrected chi connectivity index (χ2v) is 4.69. The van der Waals surface area contributed by atoms with Crippen LogP contribution in [0.25, 0.3) is 0 Å². The number of rotatable bonds is 4. The zero-order valence-corrected chi connectivity index (χ0v) is 10.5. The van der Waals surface area contributed by atoms with Gasteiger partial charge in [-0.1, -0.05) is 18.2 Å². The Kier molecular flexibility index (Phi) is 4.59. The first-order chi connectivity index (χ1) is 8.77. The number of hydrogen-bond donors (Lipinski definition) is 3. The van der Waals surface area contributed by atoms with Crippen LogP contribution >= 0.6 is 0 Å². The number of para-hydroxylation sites is 1. The average molecular weight is 248 g/mol. The maximum absolute atomic E-state index is 11.9. The minimum Gasteiger partial charge on any atom is -0.508 e. The minimum absolute atomic E-state index is 0.145. The van der Waals surface area contributed by atoms with E-state index in [2.05, 4.69) is 10.6 Å². The number of piperidine rings is 1. The first-order valence-electron chi connectivity index (χ1n) is 6.52. The van der Waals surface area contributed by atoms with Crippen LogP contribution in [0, 0.1) is 5.92 Å². The van der Waals surface area contributed by atoms with Gasteiger partial charge in [-0.3, -0.25) is 4.79 Å². The van der Waals surface area contributed by atoms with Crippen molar-refractivity contribution < 1.29 is 9.90 Å². The third kappa shape index (κ3) is 3.47. The van der Waals surface area contributed by atoms with Crippen LogP contribution in [0.3, 0.4) is 0 Å². The zero-order valence-electron chi connectivity index (χ0n) is 10.5. The maximum Gasteiger partial charge on any atom is 0.223 e. The smallest absolute Gasteiger partial charge is 0.223 e. The van der Waals surface area contributed by atoms with Crippen molar-refractivity contribution in [1.82, 2.24) is 10.6 Å². The molecule has 1 amide bonds. The summed E-state index contributed by atoms with van der Waals surface area (Å²) in [5.74, 6) is 0.594. The molecule has 0 aromatic heterocycles. The topological polar surface area (TPSA) is 61.4 Å². The van der Waals surface area contributed by atoms with Crippen LogP contribution in [0.1, 0.15) is 18.4 Å². The number of phenols is 1. The molecule has 0 radical (unpaired) electrons. The molecule has 0 unspecified atom stereocenters. The van der Waals surface area contributed by atoms with Gasteiger partial charge in [0.15, 0.2) is 0 Å². The van der Waals surface area contributed by atoms with E-state index in [0.29, 0.717) is 18.7 Å². The molecule has 1 aromatic rings. The molecule has 4 nitrogen and oxygen atoms in total. The van der Waals surface area contributed by atoms with E-state index in [-0.39, 0.29) is 11.8 Å². The van der Waals surface area contributed by atoms with Crippen LogP contribution in [0.2, 0.25) is 0 Å². The van der Waals surface area contributed by atoms with E-state index in [0.717, 1.165) is 31.5 Å². The van der Waals surface area contributed by atoms with Gasteiger partial charge in [0.1, 0.15) is 5.75 Å². The Hall–Kier alpha value is -1.55. The van der Waals surface area contributed by atoms with E-state index in [1.807, 2.05) is 12.1 Å². The summed E-state index contributed by atoms with van der Waals surface area (Å²) >= 11 is 0. The van der Waals surface area contributed by atoms with Crippen LogP contribution in [-0.2, 0) is 11.2 Å². The fraction of sp³-hybridized carbons (Fsp3) is 0.500. The molecule has 0 saturated carbocycles. The Morgan fingerprint density at radius 3 is 2.78 bits per heavy atom. The second kappa shape index (κ2) is 6.40. The van der Waals surface area contributed by atoms with Gasteiger partial charge < -0.3 is 15.7 Å². The summed E-state index contributed by atoms with van der Waals surface area (Å²) in [6.07, 6.45) is 2.51. The largest absolute Gasteiger partial charge is 0.508 e. The number of nitrogens with one attached hydrogen (secondary N) is 2. The molecular weight excluding hydrogens is 228 g/mol. The molecule has 1 aliphatic heterocycles. The SMILES string of the molecule is O=C(NCCc1ccccc1O)C1CCNCC1. The van der Waals surface area contributed by atoms with Gasteiger partial charge in [0.05, 0.1) is 0 Å². The lowest BCUT2D eigenvalue weighted by Gasteiger charge is -2.21. The van der Waals surface area contributed by atoms with Crippen molar-refractivity contribution >= 4 is 5.91 Å². The van der Waals surface area contributed by atoms with Crippen LogP contribution < -0.4 is 10.6 Å². The quantitative estimate of drug-likeness (QED) is 0.746. The van der Waals surface area contributed by atoms with Crippen LogP contribution in [0.5, 0.6) is 5.75 Å². The first kappa shape index (κ1) is 12.9. The first-order valence-corrected chi connectivity index (χ1v) is 6.52. The van der Waals surface area contributed by atoms with Gasteiger partial charge in [0, 0.05) is 12.5 Å². The van der Waals surface area contributed by atoms with Crippen molar-refractivity contribution in [1.29, 1.82) is 0 Å². The third-order valence-corrected chi connectivity index (χ3v) is 3.40. The molecule has 18 heavy (non-hydrogen) atoms. The van der Waals surface area contributed by atoms with Crippen molar-refractivity contribution in [2.75, 3.05) is 19.6 Å². The maximum atomic E-state index is 11.9. The van der Waals surface area contributed by atoms with E-state index < -0.39 is 0 Å². The van der Waals surface area contributed by atoms with Crippen molar-refractivity contribution in [3.63, 3.8) is 0 Å².